The van der Waals surface area contributed by atoms with Crippen molar-refractivity contribution in [2.75, 3.05) is 24.5 Å². The Morgan fingerprint density at radius 1 is 1.28 bits per heavy atom. The number of hydrogen-bond acceptors (Lipinski definition) is 2. The average Bonchev–Trinajstić information content (AvgIpc) is 2.30. The van der Waals surface area contributed by atoms with Gasteiger partial charge in [0.05, 0.1) is 5.69 Å². The second-order valence-corrected chi connectivity index (χ2v) is 6.09. The maximum Gasteiger partial charge on any atom is 0.0540 e. The standard InChI is InChI=1S/C15H23BrN2/c1-4-17-13-5-7-18(8-6-13)15-12(3)9-11(2)10-14(15)16/h9-10,13,17H,4-8H2,1-3H3. The van der Waals surface area contributed by atoms with E-state index < -0.39 is 0 Å². The zero-order valence-electron chi connectivity index (χ0n) is 11.6. The van der Waals surface area contributed by atoms with E-state index in [-0.39, 0.29) is 0 Å². The third-order valence-corrected chi connectivity index (χ3v) is 4.31. The molecule has 0 aromatic heterocycles. The monoisotopic (exact) mass is 310 g/mol. The molecule has 2 nitrogen and oxygen atoms in total. The highest BCUT2D eigenvalue weighted by molar-refractivity contribution is 9.10. The second-order valence-electron chi connectivity index (χ2n) is 5.23. The molecule has 0 saturated carbocycles. The van der Waals surface area contributed by atoms with Crippen LogP contribution < -0.4 is 10.2 Å². The molecular weight excluding hydrogens is 288 g/mol. The average molecular weight is 311 g/mol. The van der Waals surface area contributed by atoms with Crippen LogP contribution in [0.1, 0.15) is 30.9 Å². The maximum absolute atomic E-state index is 3.72. The Kier molecular flexibility index (Phi) is 4.68. The van der Waals surface area contributed by atoms with Crippen LogP contribution in [-0.4, -0.2) is 25.7 Å². The highest BCUT2D eigenvalue weighted by Crippen LogP contribution is 2.33. The van der Waals surface area contributed by atoms with Crippen LogP contribution in [0.3, 0.4) is 0 Å². The number of anilines is 1. The summed E-state index contributed by atoms with van der Waals surface area (Å²) in [5.41, 5.74) is 4.09. The van der Waals surface area contributed by atoms with Crippen molar-refractivity contribution < 1.29 is 0 Å². The fourth-order valence-corrected chi connectivity index (χ4v) is 3.83. The first-order valence-corrected chi connectivity index (χ1v) is 7.66. The van der Waals surface area contributed by atoms with Crippen LogP contribution in [0.25, 0.3) is 0 Å². The van der Waals surface area contributed by atoms with Gasteiger partial charge in [-0.1, -0.05) is 13.0 Å². The molecule has 0 spiro atoms. The molecule has 1 saturated heterocycles. The number of rotatable bonds is 3. The summed E-state index contributed by atoms with van der Waals surface area (Å²) in [6.45, 7) is 9.94. The van der Waals surface area contributed by atoms with Crippen LogP contribution in [0, 0.1) is 13.8 Å². The molecule has 0 aliphatic carbocycles. The summed E-state index contributed by atoms with van der Waals surface area (Å²) in [6, 6.07) is 5.20. The summed E-state index contributed by atoms with van der Waals surface area (Å²) in [6.07, 6.45) is 2.49. The van der Waals surface area contributed by atoms with Gasteiger partial charge in [0, 0.05) is 23.6 Å². The van der Waals surface area contributed by atoms with Gasteiger partial charge in [-0.15, -0.1) is 0 Å². The first-order valence-electron chi connectivity index (χ1n) is 6.87. The molecule has 3 heteroatoms. The fraction of sp³-hybridized carbons (Fsp3) is 0.600. The Hall–Kier alpha value is -0.540. The highest BCUT2D eigenvalue weighted by Gasteiger charge is 2.21. The van der Waals surface area contributed by atoms with Crippen molar-refractivity contribution in [3.63, 3.8) is 0 Å². The van der Waals surface area contributed by atoms with Crippen molar-refractivity contribution >= 4 is 21.6 Å². The Labute approximate surface area is 119 Å². The lowest BCUT2D eigenvalue weighted by atomic mass is 10.0. The Morgan fingerprint density at radius 2 is 1.94 bits per heavy atom. The number of nitrogens with zero attached hydrogens (tertiary/aromatic N) is 1. The summed E-state index contributed by atoms with van der Waals surface area (Å²) >= 11 is 3.72. The predicted octanol–water partition coefficient (Wildman–Crippen LogP) is 3.64. The fourth-order valence-electron chi connectivity index (χ4n) is 2.90. The first kappa shape index (κ1) is 13.9. The van der Waals surface area contributed by atoms with E-state index in [2.05, 4.69) is 59.1 Å². The van der Waals surface area contributed by atoms with Gasteiger partial charge in [0.1, 0.15) is 0 Å². The van der Waals surface area contributed by atoms with Gasteiger partial charge in [0.2, 0.25) is 0 Å². The molecule has 18 heavy (non-hydrogen) atoms. The van der Waals surface area contributed by atoms with Crippen LogP contribution in [0.2, 0.25) is 0 Å². The molecule has 0 atom stereocenters. The van der Waals surface area contributed by atoms with E-state index in [1.54, 1.807) is 0 Å². The summed E-state index contributed by atoms with van der Waals surface area (Å²) in [7, 11) is 0. The molecule has 2 rings (SSSR count). The number of piperidine rings is 1. The summed E-state index contributed by atoms with van der Waals surface area (Å²) in [5.74, 6) is 0. The number of hydrogen-bond donors (Lipinski definition) is 1. The van der Waals surface area contributed by atoms with Gasteiger partial charge < -0.3 is 10.2 Å². The molecule has 1 aromatic carbocycles. The number of aryl methyl sites for hydroxylation is 2. The lowest BCUT2D eigenvalue weighted by Gasteiger charge is -2.35. The molecule has 0 bridgehead atoms. The van der Waals surface area contributed by atoms with Crippen LogP contribution in [0.15, 0.2) is 16.6 Å². The molecule has 1 N–H and O–H groups in total. The molecular formula is C15H23BrN2. The first-order chi connectivity index (χ1) is 8.61. The molecule has 1 fully saturated rings. The number of halogens is 1. The molecule has 1 aliphatic heterocycles. The molecule has 1 heterocycles. The van der Waals surface area contributed by atoms with Crippen LogP contribution in [0.4, 0.5) is 5.69 Å². The minimum absolute atomic E-state index is 0.704. The van der Waals surface area contributed by atoms with E-state index in [0.717, 1.165) is 19.6 Å². The van der Waals surface area contributed by atoms with Crippen molar-refractivity contribution in [1.29, 1.82) is 0 Å². The summed E-state index contributed by atoms with van der Waals surface area (Å²) in [5, 5.41) is 3.56. The van der Waals surface area contributed by atoms with E-state index in [0.29, 0.717) is 6.04 Å². The molecule has 0 radical (unpaired) electrons. The van der Waals surface area contributed by atoms with E-state index in [1.165, 1.54) is 34.1 Å². The minimum atomic E-state index is 0.704. The van der Waals surface area contributed by atoms with Gasteiger partial charge in [-0.2, -0.15) is 0 Å². The molecule has 0 amide bonds. The van der Waals surface area contributed by atoms with Gasteiger partial charge >= 0.3 is 0 Å². The minimum Gasteiger partial charge on any atom is -0.370 e. The van der Waals surface area contributed by atoms with E-state index in [1.807, 2.05) is 0 Å². The maximum atomic E-state index is 3.72. The van der Waals surface area contributed by atoms with E-state index in [4.69, 9.17) is 0 Å². The summed E-state index contributed by atoms with van der Waals surface area (Å²) in [4.78, 5) is 2.52. The number of benzene rings is 1. The van der Waals surface area contributed by atoms with Gasteiger partial charge in [-0.05, 0) is 66.4 Å². The Balaban J connectivity index is 2.10. The van der Waals surface area contributed by atoms with Gasteiger partial charge in [-0.3, -0.25) is 0 Å². The van der Waals surface area contributed by atoms with Crippen molar-refractivity contribution in [3.05, 3.63) is 27.7 Å². The lowest BCUT2D eigenvalue weighted by molar-refractivity contribution is 0.423. The van der Waals surface area contributed by atoms with Crippen LogP contribution >= 0.6 is 15.9 Å². The molecule has 100 valence electrons. The van der Waals surface area contributed by atoms with Crippen LogP contribution in [-0.2, 0) is 0 Å². The number of nitrogens with one attached hydrogen (secondary N) is 1. The van der Waals surface area contributed by atoms with Crippen molar-refractivity contribution in [3.8, 4) is 0 Å². The molecule has 0 unspecified atom stereocenters. The van der Waals surface area contributed by atoms with Gasteiger partial charge in [0.15, 0.2) is 0 Å². The van der Waals surface area contributed by atoms with Crippen molar-refractivity contribution in [2.45, 2.75) is 39.7 Å². The molecule has 1 aromatic rings. The molecule has 1 aliphatic rings. The third-order valence-electron chi connectivity index (χ3n) is 3.70. The van der Waals surface area contributed by atoms with Crippen molar-refractivity contribution in [1.82, 2.24) is 5.32 Å². The predicted molar refractivity (Wildman–Crippen MR) is 82.5 cm³/mol. The quantitative estimate of drug-likeness (QED) is 0.917. The van der Waals surface area contributed by atoms with Crippen molar-refractivity contribution in [2.24, 2.45) is 0 Å². The second kappa shape index (κ2) is 6.07. The Morgan fingerprint density at radius 3 is 2.50 bits per heavy atom. The zero-order valence-corrected chi connectivity index (χ0v) is 13.2. The van der Waals surface area contributed by atoms with Gasteiger partial charge in [0.25, 0.3) is 0 Å². The highest BCUT2D eigenvalue weighted by atomic mass is 79.9. The van der Waals surface area contributed by atoms with Gasteiger partial charge in [-0.25, -0.2) is 0 Å². The normalized spacial score (nSPS) is 17.2. The Bertz CT molecular complexity index is 386. The zero-order chi connectivity index (χ0) is 13.1. The van der Waals surface area contributed by atoms with E-state index >= 15 is 0 Å². The lowest BCUT2D eigenvalue weighted by Crippen LogP contribution is -2.42. The topological polar surface area (TPSA) is 15.3 Å². The van der Waals surface area contributed by atoms with Crippen LogP contribution in [0.5, 0.6) is 0 Å². The largest absolute Gasteiger partial charge is 0.370 e. The smallest absolute Gasteiger partial charge is 0.0540 e. The van der Waals surface area contributed by atoms with E-state index in [9.17, 15) is 0 Å². The third kappa shape index (κ3) is 3.07. The summed E-state index contributed by atoms with van der Waals surface area (Å²) < 4.78 is 1.24. The SMILES string of the molecule is CCNC1CCN(c2c(C)cc(C)cc2Br)CC1.